The van der Waals surface area contributed by atoms with Crippen molar-refractivity contribution in [2.75, 3.05) is 6.61 Å². The van der Waals surface area contributed by atoms with Crippen LogP contribution in [0.25, 0.3) is 0 Å². The van der Waals surface area contributed by atoms with Gasteiger partial charge in [0.1, 0.15) is 9.73 Å². The standard InChI is InChI=1S/C22H31NO4S2Si/c1-19-13-15-21(16-14-19)29(25,26)23-28(24,20-11-8-7-9-12-20)18-10-17-27-30(5,6)22(2,3)4/h7-16,18H,17H2,1-6H3/b18-10+/t28-/m0/s1. The van der Waals surface area contributed by atoms with Crippen LogP contribution in [0.2, 0.25) is 18.1 Å². The minimum Gasteiger partial charge on any atom is -0.413 e. The lowest BCUT2D eigenvalue weighted by Gasteiger charge is -2.35. The summed E-state index contributed by atoms with van der Waals surface area (Å²) in [4.78, 5) is 0.354. The summed E-state index contributed by atoms with van der Waals surface area (Å²) in [5.41, 5.74) is 0.931. The predicted molar refractivity (Wildman–Crippen MR) is 126 cm³/mol. The molecule has 0 heterocycles. The van der Waals surface area contributed by atoms with Crippen molar-refractivity contribution in [3.63, 3.8) is 0 Å². The van der Waals surface area contributed by atoms with Gasteiger partial charge in [-0.05, 0) is 49.3 Å². The second kappa shape index (κ2) is 9.17. The Bertz CT molecular complexity index is 1110. The van der Waals surface area contributed by atoms with Crippen molar-refractivity contribution < 1.29 is 17.1 Å². The highest BCUT2D eigenvalue weighted by Crippen LogP contribution is 2.36. The van der Waals surface area contributed by atoms with Crippen LogP contribution in [0.5, 0.6) is 0 Å². The lowest BCUT2D eigenvalue weighted by atomic mass is 10.2. The Labute approximate surface area is 182 Å². The van der Waals surface area contributed by atoms with Gasteiger partial charge in [0.2, 0.25) is 0 Å². The smallest absolute Gasteiger partial charge is 0.290 e. The molecule has 8 heteroatoms. The fraction of sp³-hybridized carbons (Fsp3) is 0.364. The van der Waals surface area contributed by atoms with Crippen molar-refractivity contribution in [1.82, 2.24) is 0 Å². The van der Waals surface area contributed by atoms with Crippen LogP contribution in [-0.2, 0) is 24.2 Å². The third kappa shape index (κ3) is 6.13. The number of aryl methyl sites for hydroxylation is 1. The topological polar surface area (TPSA) is 72.8 Å². The Morgan fingerprint density at radius 3 is 2.03 bits per heavy atom. The number of hydrogen-bond donors (Lipinski definition) is 0. The zero-order valence-corrected chi connectivity index (χ0v) is 21.1. The average molecular weight is 466 g/mol. The first-order valence-corrected chi connectivity index (χ1v) is 15.7. The lowest BCUT2D eigenvalue weighted by Crippen LogP contribution is -2.40. The van der Waals surface area contributed by atoms with Crippen molar-refractivity contribution in [2.24, 2.45) is 3.77 Å². The predicted octanol–water partition coefficient (Wildman–Crippen LogP) is 5.75. The third-order valence-corrected chi connectivity index (χ3v) is 13.8. The molecule has 2 aromatic rings. The van der Waals surface area contributed by atoms with Gasteiger partial charge in [-0.2, -0.15) is 8.42 Å². The van der Waals surface area contributed by atoms with E-state index < -0.39 is 28.1 Å². The van der Waals surface area contributed by atoms with Crippen LogP contribution >= 0.6 is 0 Å². The maximum Gasteiger partial charge on any atom is 0.290 e. The molecule has 0 aromatic heterocycles. The summed E-state index contributed by atoms with van der Waals surface area (Å²) < 4.78 is 49.3. The Kier molecular flexibility index (Phi) is 7.50. The number of rotatable bonds is 7. The maximum absolute atomic E-state index is 13.7. The Morgan fingerprint density at radius 1 is 0.933 bits per heavy atom. The third-order valence-electron chi connectivity index (χ3n) is 5.24. The fourth-order valence-corrected chi connectivity index (χ4v) is 6.83. The van der Waals surface area contributed by atoms with Crippen LogP contribution in [0.4, 0.5) is 0 Å². The molecule has 0 amide bonds. The second-order valence-corrected chi connectivity index (χ2v) is 17.4. The van der Waals surface area contributed by atoms with Crippen LogP contribution in [0, 0.1) is 6.92 Å². The quantitative estimate of drug-likeness (QED) is 0.488. The van der Waals surface area contributed by atoms with Gasteiger partial charge in [-0.1, -0.05) is 66.5 Å². The molecule has 2 aromatic carbocycles. The van der Waals surface area contributed by atoms with E-state index in [1.807, 2.05) is 6.92 Å². The molecule has 0 unspecified atom stereocenters. The molecule has 164 valence electrons. The molecule has 5 nitrogen and oxygen atoms in total. The molecule has 1 atom stereocenters. The molecule has 0 spiro atoms. The molecule has 0 bridgehead atoms. The van der Waals surface area contributed by atoms with E-state index in [4.69, 9.17) is 4.43 Å². The minimum absolute atomic E-state index is 0.0164. The molecule has 30 heavy (non-hydrogen) atoms. The molecule has 0 saturated carbocycles. The normalized spacial score (nSPS) is 15.1. The lowest BCUT2D eigenvalue weighted by molar-refractivity contribution is 0.328. The summed E-state index contributed by atoms with van der Waals surface area (Å²) in [5, 5.41) is 1.40. The van der Waals surface area contributed by atoms with Gasteiger partial charge in [0.05, 0.1) is 16.4 Å². The number of hydrogen-bond acceptors (Lipinski definition) is 4. The highest BCUT2D eigenvalue weighted by Gasteiger charge is 2.36. The van der Waals surface area contributed by atoms with Gasteiger partial charge in [0, 0.05) is 5.41 Å². The highest BCUT2D eigenvalue weighted by atomic mass is 32.3. The Hall–Kier alpha value is -1.74. The van der Waals surface area contributed by atoms with E-state index in [-0.39, 0.29) is 16.5 Å². The van der Waals surface area contributed by atoms with Crippen molar-refractivity contribution in [3.8, 4) is 0 Å². The maximum atomic E-state index is 13.7. The second-order valence-electron chi connectivity index (χ2n) is 8.69. The minimum atomic E-state index is -4.11. The van der Waals surface area contributed by atoms with Gasteiger partial charge < -0.3 is 4.43 Å². The van der Waals surface area contributed by atoms with Crippen LogP contribution in [-0.4, -0.2) is 27.6 Å². The molecule has 0 aliphatic heterocycles. The van der Waals surface area contributed by atoms with Gasteiger partial charge in [-0.3, -0.25) is 0 Å². The monoisotopic (exact) mass is 465 g/mol. The van der Waals surface area contributed by atoms with Gasteiger partial charge in [-0.15, -0.1) is 0 Å². The molecule has 0 saturated heterocycles. The molecule has 0 N–H and O–H groups in total. The van der Waals surface area contributed by atoms with Crippen LogP contribution in [0.15, 0.2) is 79.6 Å². The average Bonchev–Trinajstić information content (AvgIpc) is 2.65. The Balaban J connectivity index is 2.44. The van der Waals surface area contributed by atoms with Gasteiger partial charge in [0.15, 0.2) is 8.32 Å². The first kappa shape index (κ1) is 24.5. The van der Waals surface area contributed by atoms with Crippen molar-refractivity contribution in [2.45, 2.75) is 55.6 Å². The molecule has 0 aliphatic carbocycles. The van der Waals surface area contributed by atoms with Gasteiger partial charge in [0.25, 0.3) is 10.0 Å². The van der Waals surface area contributed by atoms with E-state index in [9.17, 15) is 12.6 Å². The largest absolute Gasteiger partial charge is 0.413 e. The zero-order chi connectivity index (χ0) is 22.6. The fourth-order valence-electron chi connectivity index (χ4n) is 2.30. The van der Waals surface area contributed by atoms with E-state index in [1.54, 1.807) is 48.5 Å². The van der Waals surface area contributed by atoms with E-state index in [2.05, 4.69) is 37.6 Å². The molecular formula is C22H31NO4S2Si. The number of nitrogens with zero attached hydrogens (tertiary/aromatic N) is 1. The van der Waals surface area contributed by atoms with Crippen molar-refractivity contribution in [1.29, 1.82) is 0 Å². The van der Waals surface area contributed by atoms with Crippen LogP contribution in [0.3, 0.4) is 0 Å². The molecule has 0 radical (unpaired) electrons. The molecule has 0 fully saturated rings. The summed E-state index contributed by atoms with van der Waals surface area (Å²) in [6.07, 6.45) is 1.62. The SMILES string of the molecule is Cc1ccc(S(=O)(=O)N=[S@](=O)(/C=C/CO[Si](C)(C)C(C)(C)C)c2ccccc2)cc1. The molecule has 2 rings (SSSR count). The van der Waals surface area contributed by atoms with Crippen LogP contribution in [0.1, 0.15) is 26.3 Å². The van der Waals surface area contributed by atoms with Gasteiger partial charge >= 0.3 is 0 Å². The molecular weight excluding hydrogens is 434 g/mol. The van der Waals surface area contributed by atoms with Crippen molar-refractivity contribution >= 4 is 28.1 Å². The summed E-state index contributed by atoms with van der Waals surface area (Å²) in [7, 11) is -9.43. The molecule has 0 aliphatic rings. The van der Waals surface area contributed by atoms with E-state index in [0.717, 1.165) is 5.56 Å². The highest BCUT2D eigenvalue weighted by molar-refractivity contribution is 8.05. The number of benzene rings is 2. The summed E-state index contributed by atoms with van der Waals surface area (Å²) in [6.45, 7) is 12.8. The Morgan fingerprint density at radius 2 is 1.50 bits per heavy atom. The number of sulfonamides is 1. The summed E-state index contributed by atoms with van der Waals surface area (Å²) >= 11 is 0. The van der Waals surface area contributed by atoms with E-state index in [1.165, 1.54) is 17.5 Å². The van der Waals surface area contributed by atoms with E-state index >= 15 is 0 Å². The van der Waals surface area contributed by atoms with Crippen molar-refractivity contribution in [3.05, 3.63) is 71.6 Å². The van der Waals surface area contributed by atoms with Crippen LogP contribution < -0.4 is 0 Å². The summed E-state index contributed by atoms with van der Waals surface area (Å²) in [6, 6.07) is 14.8. The summed E-state index contributed by atoms with van der Waals surface area (Å²) in [5.74, 6) is 0. The first-order valence-electron chi connectivity index (χ1n) is 9.73. The van der Waals surface area contributed by atoms with E-state index in [0.29, 0.717) is 4.90 Å². The zero-order valence-electron chi connectivity index (χ0n) is 18.5. The van der Waals surface area contributed by atoms with Gasteiger partial charge in [-0.25, -0.2) is 4.21 Å². The first-order chi connectivity index (χ1) is 13.8.